The lowest BCUT2D eigenvalue weighted by Crippen LogP contribution is -2.39. The average Bonchev–Trinajstić information content (AvgIpc) is 2.36. The van der Waals surface area contributed by atoms with Crippen LogP contribution in [0.2, 0.25) is 0 Å². The zero-order valence-corrected chi connectivity index (χ0v) is 13.2. The lowest BCUT2D eigenvalue weighted by molar-refractivity contribution is 0.101. The predicted molar refractivity (Wildman–Crippen MR) is 82.2 cm³/mol. The van der Waals surface area contributed by atoms with Crippen LogP contribution >= 0.6 is 0 Å². The molecule has 0 fully saturated rings. The number of benzene rings is 1. The number of phenolic OH excluding ortho intramolecular Hbond substituents is 1. The van der Waals surface area contributed by atoms with Gasteiger partial charge in [-0.05, 0) is 52.7 Å². The van der Waals surface area contributed by atoms with E-state index in [1.165, 1.54) is 0 Å². The van der Waals surface area contributed by atoms with Crippen LogP contribution in [0.25, 0.3) is 0 Å². The number of rotatable bonds is 7. The third-order valence-corrected chi connectivity index (χ3v) is 3.52. The first-order valence-electron chi connectivity index (χ1n) is 7.06. The average molecular weight is 278 g/mol. The Kier molecular flexibility index (Phi) is 6.17. The summed E-state index contributed by atoms with van der Waals surface area (Å²) >= 11 is 0. The SMILES string of the molecule is CCN(Cc1cc(C(C)=O)ccc1O)C(C)CN(C)C. The molecule has 1 atom stereocenters. The molecule has 0 aromatic heterocycles. The number of carbonyl (C=O) groups excluding carboxylic acids is 1. The van der Waals surface area contributed by atoms with E-state index in [-0.39, 0.29) is 11.5 Å². The van der Waals surface area contributed by atoms with Gasteiger partial charge in [0.15, 0.2) is 5.78 Å². The van der Waals surface area contributed by atoms with E-state index in [4.69, 9.17) is 0 Å². The van der Waals surface area contributed by atoms with Crippen molar-refractivity contribution in [3.05, 3.63) is 29.3 Å². The number of likely N-dealkylation sites (N-methyl/N-ethyl adjacent to an activating group) is 2. The first kappa shape index (κ1) is 16.7. The summed E-state index contributed by atoms with van der Waals surface area (Å²) < 4.78 is 0. The van der Waals surface area contributed by atoms with Crippen LogP contribution in [0, 0.1) is 0 Å². The first-order chi connectivity index (χ1) is 9.35. The number of phenols is 1. The van der Waals surface area contributed by atoms with Gasteiger partial charge < -0.3 is 10.0 Å². The van der Waals surface area contributed by atoms with Gasteiger partial charge in [-0.25, -0.2) is 0 Å². The third-order valence-electron chi connectivity index (χ3n) is 3.52. The molecule has 1 N–H and O–H groups in total. The Hall–Kier alpha value is -1.39. The zero-order chi connectivity index (χ0) is 15.3. The summed E-state index contributed by atoms with van der Waals surface area (Å²) in [6, 6.07) is 5.45. The number of nitrogens with zero attached hydrogens (tertiary/aromatic N) is 2. The Balaban J connectivity index is 2.89. The van der Waals surface area contributed by atoms with Crippen LogP contribution in [0.5, 0.6) is 5.75 Å². The second-order valence-corrected chi connectivity index (χ2v) is 5.57. The number of aromatic hydroxyl groups is 1. The van der Waals surface area contributed by atoms with Crippen molar-refractivity contribution in [3.8, 4) is 5.75 Å². The van der Waals surface area contributed by atoms with Crippen molar-refractivity contribution >= 4 is 5.78 Å². The third kappa shape index (κ3) is 4.62. The molecular weight excluding hydrogens is 252 g/mol. The zero-order valence-electron chi connectivity index (χ0n) is 13.2. The molecule has 0 aliphatic heterocycles. The molecule has 0 amide bonds. The highest BCUT2D eigenvalue weighted by molar-refractivity contribution is 5.94. The summed E-state index contributed by atoms with van der Waals surface area (Å²) in [5, 5.41) is 9.98. The van der Waals surface area contributed by atoms with Gasteiger partial charge in [-0.2, -0.15) is 0 Å². The van der Waals surface area contributed by atoms with E-state index in [0.717, 1.165) is 18.7 Å². The molecule has 0 aliphatic rings. The Morgan fingerprint density at radius 2 is 2.00 bits per heavy atom. The maximum atomic E-state index is 11.4. The van der Waals surface area contributed by atoms with E-state index in [2.05, 4.69) is 37.7 Å². The van der Waals surface area contributed by atoms with Crippen molar-refractivity contribution in [2.45, 2.75) is 33.4 Å². The fourth-order valence-electron chi connectivity index (χ4n) is 2.37. The number of Topliss-reactive ketones (excluding diaryl/α,β-unsaturated/α-hetero) is 1. The fraction of sp³-hybridized carbons (Fsp3) is 0.562. The number of hydrogen-bond acceptors (Lipinski definition) is 4. The van der Waals surface area contributed by atoms with Gasteiger partial charge in [0.25, 0.3) is 0 Å². The fourth-order valence-corrected chi connectivity index (χ4v) is 2.37. The van der Waals surface area contributed by atoms with Crippen molar-refractivity contribution in [3.63, 3.8) is 0 Å². The Labute approximate surface area is 122 Å². The maximum Gasteiger partial charge on any atom is 0.159 e. The molecule has 1 aromatic carbocycles. The summed E-state index contributed by atoms with van der Waals surface area (Å²) in [7, 11) is 4.11. The summed E-state index contributed by atoms with van der Waals surface area (Å²) in [6.45, 7) is 8.34. The van der Waals surface area contributed by atoms with Gasteiger partial charge in [0, 0.05) is 30.3 Å². The summed E-state index contributed by atoms with van der Waals surface area (Å²) in [5.74, 6) is 0.279. The molecule has 0 aliphatic carbocycles. The van der Waals surface area contributed by atoms with Gasteiger partial charge >= 0.3 is 0 Å². The van der Waals surface area contributed by atoms with Crippen molar-refractivity contribution in [2.24, 2.45) is 0 Å². The second-order valence-electron chi connectivity index (χ2n) is 5.57. The molecule has 1 aromatic rings. The highest BCUT2D eigenvalue weighted by Gasteiger charge is 2.15. The van der Waals surface area contributed by atoms with Crippen LogP contribution in [0.1, 0.15) is 36.7 Å². The van der Waals surface area contributed by atoms with Gasteiger partial charge in [-0.1, -0.05) is 6.92 Å². The van der Waals surface area contributed by atoms with E-state index >= 15 is 0 Å². The maximum absolute atomic E-state index is 11.4. The number of hydrogen-bond donors (Lipinski definition) is 1. The lowest BCUT2D eigenvalue weighted by atomic mass is 10.1. The monoisotopic (exact) mass is 278 g/mol. The van der Waals surface area contributed by atoms with Crippen LogP contribution in [-0.4, -0.2) is 53.9 Å². The van der Waals surface area contributed by atoms with Gasteiger partial charge in [0.1, 0.15) is 5.75 Å². The van der Waals surface area contributed by atoms with E-state index < -0.39 is 0 Å². The largest absolute Gasteiger partial charge is 0.508 e. The van der Waals surface area contributed by atoms with Crippen molar-refractivity contribution < 1.29 is 9.90 Å². The van der Waals surface area contributed by atoms with Crippen LogP contribution in [-0.2, 0) is 6.54 Å². The molecule has 0 bridgehead atoms. The molecule has 4 heteroatoms. The second kappa shape index (κ2) is 7.41. The van der Waals surface area contributed by atoms with E-state index in [1.54, 1.807) is 25.1 Å². The summed E-state index contributed by atoms with van der Waals surface area (Å²) in [6.07, 6.45) is 0. The van der Waals surface area contributed by atoms with Crippen LogP contribution in [0.3, 0.4) is 0 Å². The number of ketones is 1. The van der Waals surface area contributed by atoms with Gasteiger partial charge in [-0.15, -0.1) is 0 Å². The van der Waals surface area contributed by atoms with E-state index in [0.29, 0.717) is 18.2 Å². The Bertz CT molecular complexity index is 458. The van der Waals surface area contributed by atoms with Crippen LogP contribution in [0.15, 0.2) is 18.2 Å². The highest BCUT2D eigenvalue weighted by atomic mass is 16.3. The Morgan fingerprint density at radius 1 is 1.35 bits per heavy atom. The standard InChI is InChI=1S/C16H26N2O2/c1-6-18(12(2)10-17(4)5)11-15-9-14(13(3)19)7-8-16(15)20/h7-9,12,20H,6,10-11H2,1-5H3. The minimum atomic E-state index is 0.0237. The van der Waals surface area contributed by atoms with Gasteiger partial charge in [0.05, 0.1) is 0 Å². The van der Waals surface area contributed by atoms with Crippen LogP contribution in [0.4, 0.5) is 0 Å². The highest BCUT2D eigenvalue weighted by Crippen LogP contribution is 2.21. The quantitative estimate of drug-likeness (QED) is 0.778. The Morgan fingerprint density at radius 3 is 2.50 bits per heavy atom. The van der Waals surface area contributed by atoms with E-state index in [1.807, 2.05) is 0 Å². The molecule has 1 unspecified atom stereocenters. The van der Waals surface area contributed by atoms with Gasteiger partial charge in [0.2, 0.25) is 0 Å². The van der Waals surface area contributed by atoms with E-state index in [9.17, 15) is 9.90 Å². The smallest absolute Gasteiger partial charge is 0.159 e. The molecule has 0 saturated heterocycles. The molecular formula is C16H26N2O2. The molecule has 20 heavy (non-hydrogen) atoms. The minimum absolute atomic E-state index is 0.0237. The molecule has 1 rings (SSSR count). The lowest BCUT2D eigenvalue weighted by Gasteiger charge is -2.30. The molecule has 112 valence electrons. The predicted octanol–water partition coefficient (Wildman–Crippen LogP) is 2.37. The first-order valence-corrected chi connectivity index (χ1v) is 7.06. The molecule has 0 saturated carbocycles. The molecule has 0 heterocycles. The number of carbonyl (C=O) groups is 1. The van der Waals surface area contributed by atoms with Crippen molar-refractivity contribution in [2.75, 3.05) is 27.2 Å². The van der Waals surface area contributed by atoms with Gasteiger partial charge in [-0.3, -0.25) is 9.69 Å². The molecule has 0 radical (unpaired) electrons. The topological polar surface area (TPSA) is 43.8 Å². The summed E-state index contributed by atoms with van der Waals surface area (Å²) in [5.41, 5.74) is 1.46. The summed E-state index contributed by atoms with van der Waals surface area (Å²) in [4.78, 5) is 15.9. The normalized spacial score (nSPS) is 12.9. The van der Waals surface area contributed by atoms with Crippen molar-refractivity contribution in [1.29, 1.82) is 0 Å². The molecule has 4 nitrogen and oxygen atoms in total. The van der Waals surface area contributed by atoms with Crippen LogP contribution < -0.4 is 0 Å². The minimum Gasteiger partial charge on any atom is -0.508 e. The molecule has 0 spiro atoms. The van der Waals surface area contributed by atoms with Crippen molar-refractivity contribution in [1.82, 2.24) is 9.80 Å².